The number of benzene rings is 2. The van der Waals surface area contributed by atoms with E-state index in [1.54, 1.807) is 18.2 Å². The molecule has 8 nitrogen and oxygen atoms in total. The number of amides is 1. The first kappa shape index (κ1) is 24.0. The van der Waals surface area contributed by atoms with Gasteiger partial charge in [0.05, 0.1) is 29.1 Å². The van der Waals surface area contributed by atoms with Crippen LogP contribution in [-0.2, 0) is 10.0 Å². The predicted octanol–water partition coefficient (Wildman–Crippen LogP) is 4.31. The van der Waals surface area contributed by atoms with Gasteiger partial charge in [-0.1, -0.05) is 12.8 Å². The van der Waals surface area contributed by atoms with Crippen molar-refractivity contribution in [2.24, 2.45) is 0 Å². The molecule has 9 heteroatoms. The first-order chi connectivity index (χ1) is 16.3. The third kappa shape index (κ3) is 5.00. The fraction of sp³-hybridized carbons (Fsp3) is 0.360. The summed E-state index contributed by atoms with van der Waals surface area (Å²) in [5.41, 5.74) is 3.52. The normalized spacial score (nSPS) is 15.0. The van der Waals surface area contributed by atoms with Gasteiger partial charge in [0.15, 0.2) is 0 Å². The van der Waals surface area contributed by atoms with Gasteiger partial charge in [-0.25, -0.2) is 13.1 Å². The highest BCUT2D eigenvalue weighted by Gasteiger charge is 2.26. The molecule has 0 unspecified atom stereocenters. The third-order valence-corrected chi connectivity index (χ3v) is 7.90. The largest absolute Gasteiger partial charge is 0.495 e. The van der Waals surface area contributed by atoms with E-state index in [9.17, 15) is 13.2 Å². The SMILES string of the molecule is COc1ccc(S(=O)(=O)N2CCCCCC2)cc1NC(=O)c1ccc(-n2nc(C)cc2C)cc1. The molecule has 0 atom stereocenters. The molecule has 3 aromatic rings. The minimum absolute atomic E-state index is 0.144. The van der Waals surface area contributed by atoms with Gasteiger partial charge in [0.25, 0.3) is 5.91 Å². The molecule has 180 valence electrons. The molecule has 0 radical (unpaired) electrons. The number of hydrogen-bond donors (Lipinski definition) is 1. The number of ether oxygens (including phenoxy) is 1. The second-order valence-electron chi connectivity index (χ2n) is 8.52. The first-order valence-corrected chi connectivity index (χ1v) is 12.9. The van der Waals surface area contributed by atoms with Crippen LogP contribution in [0.2, 0.25) is 0 Å². The Labute approximate surface area is 200 Å². The lowest BCUT2D eigenvalue weighted by atomic mass is 10.2. The van der Waals surface area contributed by atoms with Gasteiger partial charge >= 0.3 is 0 Å². The zero-order valence-electron chi connectivity index (χ0n) is 19.7. The molecule has 1 aliphatic rings. The molecule has 1 fully saturated rings. The molecule has 1 N–H and O–H groups in total. The van der Waals surface area contributed by atoms with Crippen LogP contribution in [0.4, 0.5) is 5.69 Å². The van der Waals surface area contributed by atoms with Crippen LogP contribution in [0.3, 0.4) is 0 Å². The molecule has 1 amide bonds. The molecule has 0 spiro atoms. The molecule has 0 saturated carbocycles. The molecular formula is C25H30N4O4S. The van der Waals surface area contributed by atoms with Crippen molar-refractivity contribution in [2.75, 3.05) is 25.5 Å². The Morgan fingerprint density at radius 3 is 2.24 bits per heavy atom. The molecule has 1 aliphatic heterocycles. The standard InChI is InChI=1S/C25H30N4O4S/c1-18-16-19(2)29(27-18)21-10-8-20(9-11-21)25(30)26-23-17-22(12-13-24(23)33-3)34(31,32)28-14-6-4-5-7-15-28/h8-13,16-17H,4-7,14-15H2,1-3H3,(H,26,30). The maximum absolute atomic E-state index is 13.2. The van der Waals surface area contributed by atoms with Crippen LogP contribution in [0.25, 0.3) is 5.69 Å². The summed E-state index contributed by atoms with van der Waals surface area (Å²) in [7, 11) is -2.17. The zero-order valence-corrected chi connectivity index (χ0v) is 20.6. The minimum atomic E-state index is -3.65. The van der Waals surface area contributed by atoms with Gasteiger partial charge in [0.2, 0.25) is 10.0 Å². The lowest BCUT2D eigenvalue weighted by molar-refractivity contribution is 0.102. The van der Waals surface area contributed by atoms with Crippen LogP contribution in [0.15, 0.2) is 53.4 Å². The van der Waals surface area contributed by atoms with Crippen LogP contribution in [0.1, 0.15) is 47.4 Å². The molecule has 2 heterocycles. The number of anilines is 1. The van der Waals surface area contributed by atoms with Crippen molar-refractivity contribution in [3.8, 4) is 11.4 Å². The van der Waals surface area contributed by atoms with Crippen LogP contribution < -0.4 is 10.1 Å². The molecule has 2 aromatic carbocycles. The highest BCUT2D eigenvalue weighted by atomic mass is 32.2. The van der Waals surface area contributed by atoms with E-state index in [0.717, 1.165) is 42.8 Å². The quantitative estimate of drug-likeness (QED) is 0.565. The van der Waals surface area contributed by atoms with Crippen molar-refractivity contribution in [2.45, 2.75) is 44.4 Å². The third-order valence-electron chi connectivity index (χ3n) is 6.01. The Balaban J connectivity index is 1.57. The number of methoxy groups -OCH3 is 1. The first-order valence-electron chi connectivity index (χ1n) is 11.4. The Morgan fingerprint density at radius 1 is 0.971 bits per heavy atom. The van der Waals surface area contributed by atoms with Crippen molar-refractivity contribution in [3.63, 3.8) is 0 Å². The number of nitrogens with one attached hydrogen (secondary N) is 1. The number of aryl methyl sites for hydroxylation is 2. The summed E-state index contributed by atoms with van der Waals surface area (Å²) in [6.45, 7) is 4.93. The van der Waals surface area contributed by atoms with E-state index in [-0.39, 0.29) is 10.8 Å². The van der Waals surface area contributed by atoms with Gasteiger partial charge < -0.3 is 10.1 Å². The number of nitrogens with zero attached hydrogens (tertiary/aromatic N) is 3. The number of hydrogen-bond acceptors (Lipinski definition) is 5. The monoisotopic (exact) mass is 482 g/mol. The lowest BCUT2D eigenvalue weighted by Crippen LogP contribution is -2.32. The highest BCUT2D eigenvalue weighted by molar-refractivity contribution is 7.89. The maximum atomic E-state index is 13.2. The second kappa shape index (κ2) is 9.99. The average Bonchev–Trinajstić information content (AvgIpc) is 3.01. The van der Waals surface area contributed by atoms with Crippen LogP contribution in [0.5, 0.6) is 5.75 Å². The molecule has 0 bridgehead atoms. The maximum Gasteiger partial charge on any atom is 0.255 e. The van der Waals surface area contributed by atoms with E-state index in [1.165, 1.54) is 23.5 Å². The van der Waals surface area contributed by atoms with Gasteiger partial charge in [-0.15, -0.1) is 0 Å². The van der Waals surface area contributed by atoms with Crippen molar-refractivity contribution >= 4 is 21.6 Å². The molecule has 1 saturated heterocycles. The summed E-state index contributed by atoms with van der Waals surface area (Å²) in [4.78, 5) is 13.1. The Morgan fingerprint density at radius 2 is 1.65 bits per heavy atom. The summed E-state index contributed by atoms with van der Waals surface area (Å²) >= 11 is 0. The summed E-state index contributed by atoms with van der Waals surface area (Å²) in [6, 6.07) is 13.6. The Hall–Kier alpha value is -3.17. The molecule has 1 aromatic heterocycles. The number of aromatic nitrogens is 2. The highest BCUT2D eigenvalue weighted by Crippen LogP contribution is 2.30. The molecule has 34 heavy (non-hydrogen) atoms. The van der Waals surface area contributed by atoms with Gasteiger partial charge in [0, 0.05) is 24.3 Å². The van der Waals surface area contributed by atoms with E-state index in [2.05, 4.69) is 10.4 Å². The van der Waals surface area contributed by atoms with Gasteiger partial charge in [-0.3, -0.25) is 4.79 Å². The van der Waals surface area contributed by atoms with E-state index < -0.39 is 10.0 Å². The van der Waals surface area contributed by atoms with Crippen LogP contribution in [-0.4, -0.2) is 48.6 Å². The van der Waals surface area contributed by atoms with Crippen molar-refractivity contribution < 1.29 is 17.9 Å². The summed E-state index contributed by atoms with van der Waals surface area (Å²) in [5.74, 6) is 0.0324. The Kier molecular flexibility index (Phi) is 7.04. The van der Waals surface area contributed by atoms with E-state index in [1.807, 2.05) is 36.7 Å². The number of rotatable bonds is 6. The summed E-state index contributed by atoms with van der Waals surface area (Å²) in [6.07, 6.45) is 3.78. The van der Waals surface area contributed by atoms with Crippen LogP contribution >= 0.6 is 0 Å². The van der Waals surface area contributed by atoms with E-state index in [4.69, 9.17) is 4.74 Å². The number of carbonyl (C=O) groups is 1. The number of sulfonamides is 1. The van der Waals surface area contributed by atoms with Gasteiger partial charge in [-0.05, 0) is 75.2 Å². The minimum Gasteiger partial charge on any atom is -0.495 e. The fourth-order valence-corrected chi connectivity index (χ4v) is 5.76. The van der Waals surface area contributed by atoms with E-state index in [0.29, 0.717) is 30.1 Å². The van der Waals surface area contributed by atoms with Gasteiger partial charge in [-0.2, -0.15) is 9.40 Å². The molecule has 0 aliphatic carbocycles. The second-order valence-corrected chi connectivity index (χ2v) is 10.5. The summed E-state index contributed by atoms with van der Waals surface area (Å²) < 4.78 is 35.1. The topological polar surface area (TPSA) is 93.5 Å². The zero-order chi connectivity index (χ0) is 24.3. The van der Waals surface area contributed by atoms with Crippen molar-refractivity contribution in [1.29, 1.82) is 0 Å². The summed E-state index contributed by atoms with van der Waals surface area (Å²) in [5, 5.41) is 7.27. The van der Waals surface area contributed by atoms with E-state index >= 15 is 0 Å². The smallest absolute Gasteiger partial charge is 0.255 e. The predicted molar refractivity (Wildman–Crippen MR) is 131 cm³/mol. The van der Waals surface area contributed by atoms with Crippen molar-refractivity contribution in [3.05, 3.63) is 65.5 Å². The fourth-order valence-electron chi connectivity index (χ4n) is 4.22. The molecule has 4 rings (SSSR count). The van der Waals surface area contributed by atoms with Gasteiger partial charge in [0.1, 0.15) is 5.75 Å². The number of carbonyl (C=O) groups excluding carboxylic acids is 1. The van der Waals surface area contributed by atoms with Crippen LogP contribution in [0, 0.1) is 13.8 Å². The molecular weight excluding hydrogens is 452 g/mol. The Bertz CT molecular complexity index is 1270. The lowest BCUT2D eigenvalue weighted by Gasteiger charge is -2.21. The van der Waals surface area contributed by atoms with Crippen molar-refractivity contribution in [1.82, 2.24) is 14.1 Å². The average molecular weight is 483 g/mol.